The lowest BCUT2D eigenvalue weighted by atomic mass is 10.2. The first kappa shape index (κ1) is 15.5. The Labute approximate surface area is 125 Å². The van der Waals surface area contributed by atoms with E-state index in [4.69, 9.17) is 21.1 Å². The predicted octanol–water partition coefficient (Wildman–Crippen LogP) is 2.91. The second-order valence-electron chi connectivity index (χ2n) is 5.66. The average molecular weight is 299 g/mol. The topological polar surface area (TPSA) is 43.4 Å². The van der Waals surface area contributed by atoms with Gasteiger partial charge in [0.05, 0.1) is 23.4 Å². The lowest BCUT2D eigenvalue weighted by molar-refractivity contribution is 0.0183. The standard InChI is InChI=1S/C15H23ClN2O2/c1-11(2)6-17-8-13-3-4-14(20-13)10-19-15-5-12(16)7-18-9-15/h5,7,9,11,13-14,17H,3-4,6,8,10H2,1-2H3. The number of pyridine rings is 1. The molecule has 0 spiro atoms. The number of nitrogens with one attached hydrogen (secondary N) is 1. The van der Waals surface area contributed by atoms with E-state index in [1.807, 2.05) is 0 Å². The molecule has 20 heavy (non-hydrogen) atoms. The Morgan fingerprint density at radius 2 is 2.20 bits per heavy atom. The van der Waals surface area contributed by atoms with Crippen LogP contribution in [0.4, 0.5) is 0 Å². The number of ether oxygens (including phenoxy) is 2. The Kier molecular flexibility index (Phi) is 6.07. The average Bonchev–Trinajstić information content (AvgIpc) is 2.84. The van der Waals surface area contributed by atoms with E-state index in [2.05, 4.69) is 24.1 Å². The van der Waals surface area contributed by atoms with Gasteiger partial charge in [-0.15, -0.1) is 0 Å². The van der Waals surface area contributed by atoms with Gasteiger partial charge in [0.2, 0.25) is 0 Å². The molecule has 2 atom stereocenters. The van der Waals surface area contributed by atoms with E-state index in [0.29, 0.717) is 29.4 Å². The normalized spacial score (nSPS) is 22.4. The van der Waals surface area contributed by atoms with E-state index in [1.54, 1.807) is 18.5 Å². The van der Waals surface area contributed by atoms with E-state index in [-0.39, 0.29) is 6.10 Å². The van der Waals surface area contributed by atoms with Gasteiger partial charge in [-0.2, -0.15) is 0 Å². The molecule has 0 saturated carbocycles. The Morgan fingerprint density at radius 1 is 1.40 bits per heavy atom. The van der Waals surface area contributed by atoms with E-state index in [1.165, 1.54) is 0 Å². The SMILES string of the molecule is CC(C)CNCC1CCC(COc2cncc(Cl)c2)O1. The summed E-state index contributed by atoms with van der Waals surface area (Å²) in [6, 6.07) is 1.77. The molecule has 2 rings (SSSR count). The fraction of sp³-hybridized carbons (Fsp3) is 0.667. The summed E-state index contributed by atoms with van der Waals surface area (Å²) in [5.74, 6) is 1.37. The monoisotopic (exact) mass is 298 g/mol. The number of hydrogen-bond donors (Lipinski definition) is 1. The number of nitrogens with zero attached hydrogens (tertiary/aromatic N) is 1. The number of aromatic nitrogens is 1. The van der Waals surface area contributed by atoms with Crippen LogP contribution in [-0.2, 0) is 4.74 Å². The molecule has 0 bridgehead atoms. The zero-order valence-corrected chi connectivity index (χ0v) is 12.9. The van der Waals surface area contributed by atoms with Crippen LogP contribution in [0, 0.1) is 5.92 Å². The Hall–Kier alpha value is -0.840. The largest absolute Gasteiger partial charge is 0.489 e. The summed E-state index contributed by atoms with van der Waals surface area (Å²) in [6.07, 6.45) is 5.87. The van der Waals surface area contributed by atoms with E-state index in [0.717, 1.165) is 25.9 Å². The van der Waals surface area contributed by atoms with Crippen molar-refractivity contribution in [3.8, 4) is 5.75 Å². The summed E-state index contributed by atoms with van der Waals surface area (Å²) >= 11 is 5.86. The molecule has 2 heterocycles. The molecule has 1 aromatic rings. The summed E-state index contributed by atoms with van der Waals surface area (Å²) in [7, 11) is 0. The van der Waals surface area contributed by atoms with Gasteiger partial charge >= 0.3 is 0 Å². The smallest absolute Gasteiger partial charge is 0.139 e. The Balaban J connectivity index is 1.66. The van der Waals surface area contributed by atoms with Crippen molar-refractivity contribution in [2.45, 2.75) is 38.9 Å². The van der Waals surface area contributed by atoms with Crippen LogP contribution in [-0.4, -0.2) is 36.9 Å². The highest BCUT2D eigenvalue weighted by Crippen LogP contribution is 2.21. The quantitative estimate of drug-likeness (QED) is 0.840. The zero-order chi connectivity index (χ0) is 14.4. The van der Waals surface area contributed by atoms with Gasteiger partial charge in [0.1, 0.15) is 12.4 Å². The third-order valence-corrected chi connectivity index (χ3v) is 3.44. The van der Waals surface area contributed by atoms with Crippen LogP contribution >= 0.6 is 11.6 Å². The summed E-state index contributed by atoms with van der Waals surface area (Å²) in [5, 5.41) is 4.02. The minimum Gasteiger partial charge on any atom is -0.489 e. The number of halogens is 1. The molecule has 1 aliphatic rings. The zero-order valence-electron chi connectivity index (χ0n) is 12.1. The van der Waals surface area contributed by atoms with Gasteiger partial charge in [-0.05, 0) is 25.3 Å². The van der Waals surface area contributed by atoms with Crippen molar-refractivity contribution in [2.24, 2.45) is 5.92 Å². The molecule has 1 aromatic heterocycles. The molecule has 4 nitrogen and oxygen atoms in total. The van der Waals surface area contributed by atoms with Gasteiger partial charge in [0.15, 0.2) is 0 Å². The van der Waals surface area contributed by atoms with Crippen LogP contribution in [0.15, 0.2) is 18.5 Å². The van der Waals surface area contributed by atoms with Crippen molar-refractivity contribution in [2.75, 3.05) is 19.7 Å². The van der Waals surface area contributed by atoms with E-state index >= 15 is 0 Å². The molecule has 2 unspecified atom stereocenters. The summed E-state index contributed by atoms with van der Waals surface area (Å²) in [4.78, 5) is 3.99. The van der Waals surface area contributed by atoms with Gasteiger partial charge in [0.25, 0.3) is 0 Å². The highest BCUT2D eigenvalue weighted by molar-refractivity contribution is 6.30. The first-order chi connectivity index (χ1) is 9.63. The van der Waals surface area contributed by atoms with Gasteiger partial charge in [0, 0.05) is 18.8 Å². The van der Waals surface area contributed by atoms with Crippen molar-refractivity contribution in [3.63, 3.8) is 0 Å². The minimum atomic E-state index is 0.167. The molecule has 112 valence electrons. The highest BCUT2D eigenvalue weighted by Gasteiger charge is 2.25. The van der Waals surface area contributed by atoms with Crippen LogP contribution in [0.5, 0.6) is 5.75 Å². The molecule has 0 amide bonds. The molecule has 0 radical (unpaired) electrons. The number of hydrogen-bond acceptors (Lipinski definition) is 4. The molecule has 1 fully saturated rings. The lowest BCUT2D eigenvalue weighted by Crippen LogP contribution is -2.30. The highest BCUT2D eigenvalue weighted by atomic mass is 35.5. The van der Waals surface area contributed by atoms with Gasteiger partial charge < -0.3 is 14.8 Å². The first-order valence-corrected chi connectivity index (χ1v) is 7.61. The van der Waals surface area contributed by atoms with Crippen LogP contribution in [0.1, 0.15) is 26.7 Å². The van der Waals surface area contributed by atoms with Gasteiger partial charge in [-0.1, -0.05) is 25.4 Å². The third-order valence-electron chi connectivity index (χ3n) is 3.24. The maximum absolute atomic E-state index is 5.95. The van der Waals surface area contributed by atoms with Crippen molar-refractivity contribution in [1.29, 1.82) is 0 Å². The maximum atomic E-state index is 5.95. The second-order valence-corrected chi connectivity index (χ2v) is 6.10. The van der Waals surface area contributed by atoms with Crippen LogP contribution in [0.25, 0.3) is 0 Å². The Morgan fingerprint density at radius 3 is 2.95 bits per heavy atom. The van der Waals surface area contributed by atoms with Crippen LogP contribution in [0.3, 0.4) is 0 Å². The van der Waals surface area contributed by atoms with E-state index in [9.17, 15) is 0 Å². The van der Waals surface area contributed by atoms with Crippen molar-refractivity contribution < 1.29 is 9.47 Å². The van der Waals surface area contributed by atoms with Gasteiger partial charge in [-0.3, -0.25) is 4.98 Å². The molecule has 0 aliphatic carbocycles. The summed E-state index contributed by atoms with van der Waals surface area (Å²) in [5.41, 5.74) is 0. The minimum absolute atomic E-state index is 0.167. The molecular weight excluding hydrogens is 276 g/mol. The van der Waals surface area contributed by atoms with Crippen molar-refractivity contribution in [1.82, 2.24) is 10.3 Å². The van der Waals surface area contributed by atoms with Crippen LogP contribution in [0.2, 0.25) is 5.02 Å². The Bertz CT molecular complexity index is 415. The van der Waals surface area contributed by atoms with Crippen molar-refractivity contribution >= 4 is 11.6 Å². The fourth-order valence-electron chi connectivity index (χ4n) is 2.25. The third kappa shape index (κ3) is 5.27. The lowest BCUT2D eigenvalue weighted by Gasteiger charge is -2.16. The number of rotatable bonds is 7. The second kappa shape index (κ2) is 7.81. The first-order valence-electron chi connectivity index (χ1n) is 7.23. The van der Waals surface area contributed by atoms with Crippen molar-refractivity contribution in [3.05, 3.63) is 23.5 Å². The summed E-state index contributed by atoms with van der Waals surface area (Å²) < 4.78 is 11.6. The molecule has 5 heteroatoms. The molecule has 0 aromatic carbocycles. The van der Waals surface area contributed by atoms with Gasteiger partial charge in [-0.25, -0.2) is 0 Å². The molecular formula is C15H23ClN2O2. The van der Waals surface area contributed by atoms with Crippen LogP contribution < -0.4 is 10.1 Å². The molecule has 1 N–H and O–H groups in total. The maximum Gasteiger partial charge on any atom is 0.139 e. The predicted molar refractivity (Wildman–Crippen MR) is 80.3 cm³/mol. The molecule has 1 saturated heterocycles. The van der Waals surface area contributed by atoms with E-state index < -0.39 is 0 Å². The fourth-order valence-corrected chi connectivity index (χ4v) is 2.41. The molecule has 1 aliphatic heterocycles. The summed E-state index contributed by atoms with van der Waals surface area (Å²) in [6.45, 7) is 6.93.